The van der Waals surface area contributed by atoms with E-state index in [4.69, 9.17) is 17.3 Å². The first-order valence-electron chi connectivity index (χ1n) is 8.43. The van der Waals surface area contributed by atoms with Crippen molar-refractivity contribution in [3.05, 3.63) is 58.4 Å². The number of benzene rings is 2. The molecular weight excluding hydrogens is 323 g/mol. The lowest BCUT2D eigenvalue weighted by molar-refractivity contribution is 0.628. The molecule has 0 bridgehead atoms. The molecule has 0 aliphatic heterocycles. The number of rotatable bonds is 6. The normalized spacial score (nSPS) is 11.3. The van der Waals surface area contributed by atoms with Gasteiger partial charge in [0.05, 0.1) is 10.7 Å². The van der Waals surface area contributed by atoms with Crippen LogP contribution in [-0.4, -0.2) is 11.5 Å². The highest BCUT2D eigenvalue weighted by Gasteiger charge is 2.16. The standard InChI is InChI=1S/C20H22ClFN2/c1-2-13-6-9-19-17(11-13)15(5-3-4-10-23)20(24-19)16-8-7-14(22)12-18(16)21/h6-9,11-12,24H,2-5,10,23H2,1H3. The summed E-state index contributed by atoms with van der Waals surface area (Å²) in [5, 5.41) is 1.65. The lowest BCUT2D eigenvalue weighted by atomic mass is 9.99. The summed E-state index contributed by atoms with van der Waals surface area (Å²) in [5.41, 5.74) is 11.1. The molecule has 3 aromatic rings. The third-order valence-corrected chi connectivity index (χ3v) is 4.77. The highest BCUT2D eigenvalue weighted by molar-refractivity contribution is 6.33. The SMILES string of the molecule is CCc1ccc2[nH]c(-c3ccc(F)cc3Cl)c(CCCCN)c2c1. The highest BCUT2D eigenvalue weighted by Crippen LogP contribution is 2.36. The lowest BCUT2D eigenvalue weighted by Crippen LogP contribution is -1.99. The number of unbranched alkanes of at least 4 members (excludes halogenated alkanes) is 1. The zero-order valence-electron chi connectivity index (χ0n) is 13.8. The van der Waals surface area contributed by atoms with Gasteiger partial charge in [-0.15, -0.1) is 0 Å². The maximum Gasteiger partial charge on any atom is 0.124 e. The van der Waals surface area contributed by atoms with Gasteiger partial charge in [-0.05, 0) is 73.7 Å². The van der Waals surface area contributed by atoms with Gasteiger partial charge in [0.15, 0.2) is 0 Å². The van der Waals surface area contributed by atoms with Crippen molar-refractivity contribution in [3.63, 3.8) is 0 Å². The summed E-state index contributed by atoms with van der Waals surface area (Å²) in [4.78, 5) is 3.48. The molecule has 0 radical (unpaired) electrons. The van der Waals surface area contributed by atoms with Gasteiger partial charge >= 0.3 is 0 Å². The minimum atomic E-state index is -0.321. The van der Waals surface area contributed by atoms with Gasteiger partial charge < -0.3 is 10.7 Å². The summed E-state index contributed by atoms with van der Waals surface area (Å²) in [6, 6.07) is 11.1. The van der Waals surface area contributed by atoms with Gasteiger partial charge in [0, 0.05) is 16.5 Å². The van der Waals surface area contributed by atoms with Crippen LogP contribution in [0, 0.1) is 5.82 Å². The summed E-state index contributed by atoms with van der Waals surface area (Å²) in [6.07, 6.45) is 3.92. The van der Waals surface area contributed by atoms with E-state index in [2.05, 4.69) is 30.1 Å². The van der Waals surface area contributed by atoms with Crippen LogP contribution in [0.5, 0.6) is 0 Å². The molecule has 0 saturated carbocycles. The Labute approximate surface area is 146 Å². The number of fused-ring (bicyclic) bond motifs is 1. The largest absolute Gasteiger partial charge is 0.354 e. The Kier molecular flexibility index (Phi) is 5.22. The Morgan fingerprint density at radius 2 is 1.96 bits per heavy atom. The minimum absolute atomic E-state index is 0.321. The van der Waals surface area contributed by atoms with Crippen molar-refractivity contribution in [3.8, 4) is 11.3 Å². The quantitative estimate of drug-likeness (QED) is 0.572. The topological polar surface area (TPSA) is 41.8 Å². The molecule has 24 heavy (non-hydrogen) atoms. The average molecular weight is 345 g/mol. The molecule has 4 heteroatoms. The summed E-state index contributed by atoms with van der Waals surface area (Å²) in [7, 11) is 0. The van der Waals surface area contributed by atoms with Crippen LogP contribution in [-0.2, 0) is 12.8 Å². The second-order valence-corrected chi connectivity index (χ2v) is 6.49. The first-order chi connectivity index (χ1) is 11.6. The molecule has 0 aliphatic rings. The van der Waals surface area contributed by atoms with Gasteiger partial charge in [0.2, 0.25) is 0 Å². The van der Waals surface area contributed by atoms with Crippen LogP contribution in [0.25, 0.3) is 22.2 Å². The molecule has 2 nitrogen and oxygen atoms in total. The van der Waals surface area contributed by atoms with E-state index in [-0.39, 0.29) is 5.82 Å². The first-order valence-corrected chi connectivity index (χ1v) is 8.80. The number of halogens is 2. The van der Waals surface area contributed by atoms with Gasteiger partial charge in [0.1, 0.15) is 5.82 Å². The van der Waals surface area contributed by atoms with Crippen LogP contribution in [0.15, 0.2) is 36.4 Å². The second kappa shape index (κ2) is 7.37. The third kappa shape index (κ3) is 3.33. The number of hydrogen-bond acceptors (Lipinski definition) is 1. The molecule has 1 aromatic heterocycles. The Morgan fingerprint density at radius 3 is 2.67 bits per heavy atom. The second-order valence-electron chi connectivity index (χ2n) is 6.08. The molecule has 0 spiro atoms. The third-order valence-electron chi connectivity index (χ3n) is 4.46. The fourth-order valence-corrected chi connectivity index (χ4v) is 3.40. The summed E-state index contributed by atoms with van der Waals surface area (Å²) >= 11 is 6.30. The molecule has 0 saturated heterocycles. The van der Waals surface area contributed by atoms with Crippen molar-refractivity contribution in [2.45, 2.75) is 32.6 Å². The zero-order chi connectivity index (χ0) is 17.1. The van der Waals surface area contributed by atoms with Crippen LogP contribution >= 0.6 is 11.6 Å². The molecule has 0 atom stereocenters. The van der Waals surface area contributed by atoms with Crippen LogP contribution in [0.4, 0.5) is 4.39 Å². The summed E-state index contributed by atoms with van der Waals surface area (Å²) < 4.78 is 13.4. The summed E-state index contributed by atoms with van der Waals surface area (Å²) in [6.45, 7) is 2.84. The number of aromatic amines is 1. The molecule has 0 amide bonds. The molecule has 0 unspecified atom stereocenters. The van der Waals surface area contributed by atoms with Crippen molar-refractivity contribution in [2.24, 2.45) is 5.73 Å². The average Bonchev–Trinajstić information content (AvgIpc) is 2.92. The minimum Gasteiger partial charge on any atom is -0.354 e. The van der Waals surface area contributed by atoms with Crippen LogP contribution in [0.2, 0.25) is 5.02 Å². The van der Waals surface area contributed by atoms with E-state index in [1.165, 1.54) is 28.6 Å². The number of nitrogens with two attached hydrogens (primary N) is 1. The maximum absolute atomic E-state index is 13.4. The van der Waals surface area contributed by atoms with Crippen molar-refractivity contribution in [2.75, 3.05) is 6.54 Å². The van der Waals surface area contributed by atoms with Crippen molar-refractivity contribution < 1.29 is 4.39 Å². The maximum atomic E-state index is 13.4. The number of aromatic nitrogens is 1. The Morgan fingerprint density at radius 1 is 1.12 bits per heavy atom. The number of aryl methyl sites for hydroxylation is 2. The van der Waals surface area contributed by atoms with Gasteiger partial charge in [-0.2, -0.15) is 0 Å². The van der Waals surface area contributed by atoms with E-state index in [1.54, 1.807) is 6.07 Å². The van der Waals surface area contributed by atoms with E-state index < -0.39 is 0 Å². The first kappa shape index (κ1) is 17.0. The Bertz CT molecular complexity index is 854. The van der Waals surface area contributed by atoms with Gasteiger partial charge in [-0.3, -0.25) is 0 Å². The van der Waals surface area contributed by atoms with Gasteiger partial charge in [-0.25, -0.2) is 4.39 Å². The van der Waals surface area contributed by atoms with E-state index in [9.17, 15) is 4.39 Å². The molecular formula is C20H22ClFN2. The van der Waals surface area contributed by atoms with E-state index in [0.29, 0.717) is 11.6 Å². The van der Waals surface area contributed by atoms with Crippen LogP contribution in [0.3, 0.4) is 0 Å². The van der Waals surface area contributed by atoms with Crippen molar-refractivity contribution in [1.82, 2.24) is 4.98 Å². The fourth-order valence-electron chi connectivity index (χ4n) is 3.14. The number of nitrogens with one attached hydrogen (secondary N) is 1. The van der Waals surface area contributed by atoms with E-state index in [0.717, 1.165) is 42.5 Å². The van der Waals surface area contributed by atoms with Crippen molar-refractivity contribution in [1.29, 1.82) is 0 Å². The molecule has 0 aliphatic carbocycles. The van der Waals surface area contributed by atoms with Crippen LogP contribution in [0.1, 0.15) is 30.9 Å². The molecule has 126 valence electrons. The zero-order valence-corrected chi connectivity index (χ0v) is 14.6. The molecule has 3 rings (SSSR count). The fraction of sp³-hybridized carbons (Fsp3) is 0.300. The van der Waals surface area contributed by atoms with Gasteiger partial charge in [0.25, 0.3) is 0 Å². The van der Waals surface area contributed by atoms with Crippen molar-refractivity contribution >= 4 is 22.5 Å². The monoisotopic (exact) mass is 344 g/mol. The predicted molar refractivity (Wildman–Crippen MR) is 100 cm³/mol. The molecule has 1 heterocycles. The van der Waals surface area contributed by atoms with Crippen LogP contribution < -0.4 is 5.73 Å². The molecule has 0 fully saturated rings. The van der Waals surface area contributed by atoms with E-state index >= 15 is 0 Å². The summed E-state index contributed by atoms with van der Waals surface area (Å²) in [5.74, 6) is -0.321. The predicted octanol–water partition coefficient (Wildman–Crippen LogP) is 5.47. The molecule has 2 aromatic carbocycles. The van der Waals surface area contributed by atoms with Gasteiger partial charge in [-0.1, -0.05) is 24.6 Å². The Hall–Kier alpha value is -1.84. The number of hydrogen-bond donors (Lipinski definition) is 2. The Balaban J connectivity index is 2.16. The molecule has 3 N–H and O–H groups in total. The smallest absolute Gasteiger partial charge is 0.124 e. The lowest BCUT2D eigenvalue weighted by Gasteiger charge is -2.07. The highest BCUT2D eigenvalue weighted by atomic mass is 35.5. The number of H-pyrrole nitrogens is 1. The van der Waals surface area contributed by atoms with E-state index in [1.807, 2.05) is 0 Å².